The van der Waals surface area contributed by atoms with Crippen LogP contribution < -0.4 is 473 Å². The van der Waals surface area contributed by atoms with E-state index < -0.39 is 239 Å². The molecule has 0 unspecified atom stereocenters. The molecule has 0 saturated carbocycles. The minimum Gasteiger partial charge on any atom is -0.759 e. The molecule has 0 bridgehead atoms. The van der Waals surface area contributed by atoms with Crippen molar-refractivity contribution in [1.29, 1.82) is 0 Å². The van der Waals surface area contributed by atoms with Gasteiger partial charge in [-0.05, 0) is 0 Å². The fourth-order valence-electron chi connectivity index (χ4n) is 0. The SMILES string of the molecule is O=S(=O)(O)O.O=S(=O)(O)O.O=S(=O)(O)O.O=S(=O)(O)O.O=S(=O)(O)O.O=S(=O)(O)O.O=S(=O)(O)O.O=S(=O)(O)O.O=S(=O)(O)O.O=S(=O)(O)O.O=S(=O)(O)O.O=S(=O)(O)O.O=S(=O)(O)O.O=S(=O)(O)O.O=S(=O)(O)O.O=S(=O)([O-])[O-].O=S(=O)([O-])[O-].O=S(=O)([O-])[O-].O=S(=O)([O-])[O-].O=S(=O)([O-])[O-].O=S(=O)([O-])[O-].O=S(=O)([O-])[O-].O=S(=O)([O-])[O-].[Na+].[Na+].[Na+].[Na+].[Na+].[Na+].[Na+].[Na+].[Na+].[Na+].[Na+].[Na+].[Na+].[Na+].[Na+].[Na+]. The average Bonchev–Trinajstić information content (AvgIpc) is 2.97. The predicted octanol–water partition coefficient (Wildman–Crippen LogP) is -68.4. The van der Waals surface area contributed by atoms with Gasteiger partial charge in [-0.1, -0.05) is 0 Å². The Balaban J connectivity index is -0.0000000182. The van der Waals surface area contributed by atoms with Crippen molar-refractivity contribution in [3.63, 3.8) is 0 Å². The second kappa shape index (κ2) is 126. The minimum absolute atomic E-state index is 0. The third kappa shape index (κ3) is 16800. The van der Waals surface area contributed by atoms with Crippen LogP contribution in [0.15, 0.2) is 0 Å². The van der Waals surface area contributed by atoms with Gasteiger partial charge in [0.2, 0.25) is 0 Å². The molecule has 131 heteroatoms. The fourth-order valence-corrected chi connectivity index (χ4v) is 0. The number of hydrogen-bond acceptors (Lipinski definition) is 62. The Morgan fingerprint density at radius 2 is 0.0763 bits per heavy atom. The minimum atomic E-state index is -5.17. The molecule has 0 atom stereocenters. The molecule has 131 heavy (non-hydrogen) atoms. The summed E-state index contributed by atoms with van der Waals surface area (Å²) in [6.07, 6.45) is 0. The predicted molar refractivity (Wildman–Crippen MR) is 296 cm³/mol. The van der Waals surface area contributed by atoms with Crippen LogP contribution in [0.4, 0.5) is 0 Å². The van der Waals surface area contributed by atoms with Crippen LogP contribution in [-0.2, 0) is 239 Å². The zero-order chi connectivity index (χ0) is 104. The maximum atomic E-state index is 8.74. The Morgan fingerprint density at radius 1 is 0.0763 bits per heavy atom. The Hall–Kier alpha value is 13.0. The van der Waals surface area contributed by atoms with Crippen LogP contribution in [-0.4, -0.2) is 403 Å². The van der Waals surface area contributed by atoms with Gasteiger partial charge >= 0.3 is 629 Å². The molecule has 0 amide bonds. The zero-order valence-electron chi connectivity index (χ0n) is 64.1. The van der Waals surface area contributed by atoms with Crippen molar-refractivity contribution in [1.82, 2.24) is 0 Å². The van der Waals surface area contributed by atoms with Crippen molar-refractivity contribution < 1.29 is 876 Å². The molecule has 92 nitrogen and oxygen atoms in total. The van der Waals surface area contributed by atoms with Crippen molar-refractivity contribution in [3.8, 4) is 0 Å². The molecular weight excluding hydrogens is 2580 g/mol. The maximum absolute atomic E-state index is 8.74. The summed E-state index contributed by atoms with van der Waals surface area (Å²) in [5, 5.41) is 0. The summed E-state index contributed by atoms with van der Waals surface area (Å²) in [4.78, 5) is 0. The Kier molecular flexibility index (Phi) is 258. The quantitative estimate of drug-likeness (QED) is 0.0608. The smallest absolute Gasteiger partial charge is 0.759 e. The largest absolute Gasteiger partial charge is 1.00 e. The molecule has 736 valence electrons. The molecule has 0 aliphatic carbocycles. The van der Waals surface area contributed by atoms with Crippen LogP contribution in [0.2, 0.25) is 0 Å². The monoisotopic (exact) mass is 2600 g/mol. The van der Waals surface area contributed by atoms with Gasteiger partial charge in [0.15, 0.2) is 0 Å². The van der Waals surface area contributed by atoms with Gasteiger partial charge in [-0.2, -0.15) is 126 Å². The summed E-state index contributed by atoms with van der Waals surface area (Å²) < 4.78 is 746. The summed E-state index contributed by atoms with van der Waals surface area (Å²) in [6.45, 7) is 0. The molecule has 0 aliphatic rings. The molecule has 0 aromatic heterocycles. The van der Waals surface area contributed by atoms with E-state index in [4.69, 9.17) is 403 Å². The van der Waals surface area contributed by atoms with Crippen molar-refractivity contribution in [2.75, 3.05) is 0 Å². The first kappa shape index (κ1) is 267. The number of rotatable bonds is 0. The molecule has 0 aromatic carbocycles. The maximum Gasteiger partial charge on any atom is 1.00 e. The Bertz CT molecular complexity index is 3630. The van der Waals surface area contributed by atoms with Gasteiger partial charge in [0.25, 0.3) is 0 Å². The first-order valence-electron chi connectivity index (χ1n) is 15.8. The molecular formula is H30Na16O92S23. The summed E-state index contributed by atoms with van der Waals surface area (Å²) in [7, 11) is -111. The van der Waals surface area contributed by atoms with Gasteiger partial charge in [-0.3, -0.25) is 204 Å². The van der Waals surface area contributed by atoms with Crippen LogP contribution in [0, 0.1) is 0 Å². The van der Waals surface area contributed by atoms with Crippen LogP contribution in [0.1, 0.15) is 0 Å². The summed E-state index contributed by atoms with van der Waals surface area (Å²) in [5.74, 6) is 0. The van der Waals surface area contributed by atoms with Gasteiger partial charge in [-0.15, -0.1) is 0 Å². The first-order chi connectivity index (χ1) is 46.0. The third-order valence-corrected chi connectivity index (χ3v) is 0. The second-order valence-electron chi connectivity index (χ2n) is 9.98. The van der Waals surface area contributed by atoms with E-state index in [1.54, 1.807) is 0 Å². The number of hydrogen-bond donors (Lipinski definition) is 30. The van der Waals surface area contributed by atoms with E-state index in [9.17, 15) is 0 Å². The van der Waals surface area contributed by atoms with Gasteiger partial charge in [-0.25, -0.2) is 0 Å². The van der Waals surface area contributed by atoms with Crippen LogP contribution in [0.3, 0.4) is 0 Å². The third-order valence-electron chi connectivity index (χ3n) is 0. The van der Waals surface area contributed by atoms with E-state index in [1.807, 2.05) is 0 Å². The van der Waals surface area contributed by atoms with E-state index in [1.165, 1.54) is 0 Å². The van der Waals surface area contributed by atoms with Gasteiger partial charge in [0.05, 0.1) is 0 Å². The van der Waals surface area contributed by atoms with Gasteiger partial charge in [0.1, 0.15) is 0 Å². The summed E-state index contributed by atoms with van der Waals surface area (Å²) >= 11 is 0. The Labute approximate surface area is 1090 Å². The van der Waals surface area contributed by atoms with Crippen molar-refractivity contribution in [2.24, 2.45) is 0 Å². The van der Waals surface area contributed by atoms with Crippen LogP contribution in [0.5, 0.6) is 0 Å². The molecule has 0 aromatic rings. The molecule has 0 rings (SSSR count). The Morgan fingerprint density at radius 3 is 0.0763 bits per heavy atom. The van der Waals surface area contributed by atoms with Gasteiger partial charge in [0, 0.05) is 83.2 Å². The second-order valence-corrected chi connectivity index (χ2v) is 30.0. The molecule has 30 N–H and O–H groups in total. The summed E-state index contributed by atoms with van der Waals surface area (Å²) in [5.41, 5.74) is 0. The molecule has 0 aliphatic heterocycles. The van der Waals surface area contributed by atoms with E-state index in [2.05, 4.69) is 0 Å². The molecule has 0 fully saturated rings. The van der Waals surface area contributed by atoms with E-state index in [0.29, 0.717) is 0 Å². The standard InChI is InChI=1S/16Na.23H2O4S/c;;;;;;;;;;;;;;;;23*1-5(2,3)4/h;;;;;;;;;;;;;;;;23*(H2,1,2,3,4)/q16*+1;;;;;;;;;;;;;;;;;;;;;;;/p-16. The molecule has 0 radical (unpaired) electrons. The molecule has 0 spiro atoms. The molecule has 0 saturated heterocycles. The van der Waals surface area contributed by atoms with Crippen LogP contribution in [0.25, 0.3) is 0 Å². The van der Waals surface area contributed by atoms with E-state index in [-0.39, 0.29) is 473 Å². The normalized spacial score (nSPS) is 10.2. The van der Waals surface area contributed by atoms with Crippen molar-refractivity contribution in [2.45, 2.75) is 0 Å². The summed E-state index contributed by atoms with van der Waals surface area (Å²) in [6, 6.07) is 0. The topological polar surface area (TPSA) is 1760 Å². The van der Waals surface area contributed by atoms with Gasteiger partial charge < -0.3 is 72.8 Å². The van der Waals surface area contributed by atoms with Crippen molar-refractivity contribution in [3.05, 3.63) is 0 Å². The van der Waals surface area contributed by atoms with E-state index >= 15 is 0 Å². The zero-order valence-corrected chi connectivity index (χ0v) is 115. The first-order valence-corrected chi connectivity index (χ1v) is 47.4. The van der Waals surface area contributed by atoms with Crippen LogP contribution >= 0.6 is 0 Å². The molecule has 0 heterocycles. The fraction of sp³-hybridized carbons (Fsp3) is 0. The average molecular weight is 2610 g/mol. The van der Waals surface area contributed by atoms with Crippen molar-refractivity contribution >= 4 is 239 Å². The van der Waals surface area contributed by atoms with E-state index in [0.717, 1.165) is 0 Å².